The summed E-state index contributed by atoms with van der Waals surface area (Å²) in [6, 6.07) is -0.578. The van der Waals surface area contributed by atoms with Gasteiger partial charge in [-0.2, -0.15) is 18.1 Å². The van der Waals surface area contributed by atoms with Crippen LogP contribution in [0, 0.1) is 17.8 Å². The summed E-state index contributed by atoms with van der Waals surface area (Å²) in [6.07, 6.45) is 4.48. The van der Waals surface area contributed by atoms with Gasteiger partial charge < -0.3 is 36.4 Å². The van der Waals surface area contributed by atoms with Crippen LogP contribution < -0.4 is 21.4 Å². The van der Waals surface area contributed by atoms with Crippen molar-refractivity contribution in [2.75, 3.05) is 0 Å². The molecule has 2 saturated heterocycles. The molecular weight excluding hydrogens is 610 g/mol. The average Bonchev–Trinajstić information content (AvgIpc) is 3.20. The van der Waals surface area contributed by atoms with Crippen LogP contribution in [0.25, 0.3) is 0 Å². The fourth-order valence-corrected chi connectivity index (χ4v) is 8.23. The van der Waals surface area contributed by atoms with Gasteiger partial charge in [0, 0.05) is 58.4 Å². The van der Waals surface area contributed by atoms with E-state index in [0.717, 1.165) is 22.4 Å². The standard InChI is InChI=1S/C33H45N5O7S/c1-7-19-14(2)22(35-32(19)45)10-21-15(3)20(8-9-27(40)41)24(34-21)13-33-30(26(39)12-28(42)43)16(4)25(38(33)37-33)11-23-29(18(6)46)17(5)31(44)36-23/h7,11,13-14,17-18,21-23,26,29,34-35,37,39,45-46H,1,8-10,12H2,2-6H3,(H,36,44)(H,40,41)(H,42,43)/b24-13-,25-11+/t14?,17-,18-,21?,22-,23?,26?,29+,33+,38?/m1/s1. The second kappa shape index (κ2) is 12.5. The zero-order valence-corrected chi connectivity index (χ0v) is 27.7. The van der Waals surface area contributed by atoms with Crippen LogP contribution in [0.3, 0.4) is 0 Å². The quantitative estimate of drug-likeness (QED) is 0.111. The van der Waals surface area contributed by atoms with Gasteiger partial charge in [-0.1, -0.05) is 33.4 Å². The number of aliphatic carboxylic acids is 2. The van der Waals surface area contributed by atoms with E-state index in [1.165, 1.54) is 0 Å². The van der Waals surface area contributed by atoms with Gasteiger partial charge in [0.1, 0.15) is 0 Å². The lowest BCUT2D eigenvalue weighted by Crippen LogP contribution is -2.37. The van der Waals surface area contributed by atoms with Crippen molar-refractivity contribution in [3.8, 4) is 0 Å². The molecule has 5 aliphatic rings. The van der Waals surface area contributed by atoms with Gasteiger partial charge >= 0.3 is 11.9 Å². The van der Waals surface area contributed by atoms with Crippen LogP contribution in [-0.2, 0) is 14.4 Å². The zero-order valence-electron chi connectivity index (χ0n) is 26.8. The molecule has 250 valence electrons. The van der Waals surface area contributed by atoms with Crippen LogP contribution in [0.1, 0.15) is 60.3 Å². The fraction of sp³-hybridized carbons (Fsp3) is 0.545. The highest BCUT2D eigenvalue weighted by Crippen LogP contribution is 2.52. The van der Waals surface area contributed by atoms with E-state index >= 15 is 0 Å². The summed E-state index contributed by atoms with van der Waals surface area (Å²) < 4.78 is 0. The molecule has 5 rings (SSSR count). The van der Waals surface area contributed by atoms with Crippen molar-refractivity contribution in [1.82, 2.24) is 26.4 Å². The highest BCUT2D eigenvalue weighted by Gasteiger charge is 2.62. The second-order valence-electron chi connectivity index (χ2n) is 13.2. The van der Waals surface area contributed by atoms with Gasteiger partial charge in [-0.3, -0.25) is 19.4 Å². The molecule has 0 saturated carbocycles. The predicted octanol–water partition coefficient (Wildman–Crippen LogP) is 2.61. The molecule has 0 aliphatic carbocycles. The first-order valence-corrected chi connectivity index (χ1v) is 16.3. The Balaban J connectivity index is 1.52. The Morgan fingerprint density at radius 3 is 2.41 bits per heavy atom. The molecule has 0 aromatic rings. The first kappa shape index (κ1) is 33.7. The molecule has 13 heteroatoms. The van der Waals surface area contributed by atoms with E-state index in [1.54, 1.807) is 6.08 Å². The Morgan fingerprint density at radius 1 is 1.13 bits per heavy atom. The summed E-state index contributed by atoms with van der Waals surface area (Å²) >= 11 is 4.65. The maximum Gasteiger partial charge on any atom is 0.306 e. The molecule has 0 radical (unpaired) electrons. The first-order chi connectivity index (χ1) is 21.6. The number of carbonyl (C=O) groups is 3. The highest BCUT2D eigenvalue weighted by molar-refractivity contribution is 7.80. The Morgan fingerprint density at radius 2 is 1.83 bits per heavy atom. The molecule has 12 nitrogen and oxygen atoms in total. The number of allylic oxidation sites excluding steroid dienone is 3. The number of amides is 1. The van der Waals surface area contributed by atoms with Crippen LogP contribution in [0.5, 0.6) is 0 Å². The number of hydrazine groups is 1. The molecule has 0 aromatic heterocycles. The molecule has 4 unspecified atom stereocenters. The van der Waals surface area contributed by atoms with Crippen molar-refractivity contribution in [2.24, 2.45) is 17.8 Å². The van der Waals surface area contributed by atoms with Crippen molar-refractivity contribution in [1.29, 1.82) is 0 Å². The predicted molar refractivity (Wildman–Crippen MR) is 175 cm³/mol. The number of hydrogen-bond acceptors (Lipinski definition) is 10. The van der Waals surface area contributed by atoms with E-state index in [2.05, 4.69) is 40.6 Å². The van der Waals surface area contributed by atoms with Gasteiger partial charge in [-0.15, -0.1) is 0 Å². The molecule has 0 bridgehead atoms. The van der Waals surface area contributed by atoms with Gasteiger partial charge in [0.25, 0.3) is 0 Å². The lowest BCUT2D eigenvalue weighted by atomic mass is 9.87. The maximum atomic E-state index is 12.6. The lowest BCUT2D eigenvalue weighted by molar-refractivity contribution is -0.139. The summed E-state index contributed by atoms with van der Waals surface area (Å²) in [7, 11) is 0. The Bertz CT molecular complexity index is 1510. The number of carboxylic acids is 2. The third kappa shape index (κ3) is 5.84. The first-order valence-electron chi connectivity index (χ1n) is 15.7. The topological polar surface area (TPSA) is 193 Å². The van der Waals surface area contributed by atoms with E-state index in [0.29, 0.717) is 23.3 Å². The van der Waals surface area contributed by atoms with Gasteiger partial charge in [0.2, 0.25) is 5.91 Å². The minimum Gasteiger partial charge on any atom is -0.495 e. The minimum atomic E-state index is -1.31. The average molecular weight is 656 g/mol. The number of fused-ring (bicyclic) bond motifs is 1. The van der Waals surface area contributed by atoms with E-state index in [4.69, 9.17) is 0 Å². The molecule has 46 heavy (non-hydrogen) atoms. The van der Waals surface area contributed by atoms with Crippen molar-refractivity contribution in [3.63, 3.8) is 0 Å². The molecular formula is C33H45N5O7S. The van der Waals surface area contributed by atoms with Gasteiger partial charge in [-0.25, -0.2) is 0 Å². The largest absolute Gasteiger partial charge is 0.495 e. The molecule has 5 heterocycles. The van der Waals surface area contributed by atoms with E-state index in [1.807, 2.05) is 51.8 Å². The molecule has 5 aliphatic heterocycles. The normalized spacial score (nSPS) is 35.0. The van der Waals surface area contributed by atoms with E-state index in [-0.39, 0.29) is 65.8 Å². The number of hydrogen-bond donors (Lipinski definition) is 9. The number of aliphatic hydroxyl groups excluding tert-OH is 2. The summed E-state index contributed by atoms with van der Waals surface area (Å²) in [5.41, 5.74) is 7.47. The highest BCUT2D eigenvalue weighted by atomic mass is 32.1. The van der Waals surface area contributed by atoms with Crippen molar-refractivity contribution in [3.05, 3.63) is 69.9 Å². The molecule has 1 amide bonds. The van der Waals surface area contributed by atoms with Crippen LogP contribution in [0.4, 0.5) is 0 Å². The number of nitrogens with zero attached hydrogens (tertiary/aromatic N) is 1. The van der Waals surface area contributed by atoms with E-state index < -0.39 is 30.1 Å². The third-order valence-electron chi connectivity index (χ3n) is 10.3. The van der Waals surface area contributed by atoms with Crippen LogP contribution >= 0.6 is 12.6 Å². The van der Waals surface area contributed by atoms with Gasteiger partial charge in [-0.05, 0) is 55.6 Å². The van der Waals surface area contributed by atoms with Crippen molar-refractivity contribution < 1.29 is 34.8 Å². The van der Waals surface area contributed by atoms with Crippen LogP contribution in [0.15, 0.2) is 69.9 Å². The number of carboxylic acid groups (broad SMARTS) is 2. The summed E-state index contributed by atoms with van der Waals surface area (Å²) in [6.45, 7) is 13.5. The second-order valence-corrected chi connectivity index (χ2v) is 14.0. The summed E-state index contributed by atoms with van der Waals surface area (Å²) in [5.74, 6) is -2.34. The maximum absolute atomic E-state index is 12.6. The van der Waals surface area contributed by atoms with Crippen molar-refractivity contribution in [2.45, 2.75) is 95.4 Å². The van der Waals surface area contributed by atoms with E-state index in [9.17, 15) is 34.8 Å². The lowest BCUT2D eigenvalue weighted by Gasteiger charge is -2.23. The number of rotatable bonds is 12. The number of thiol groups is 1. The molecule has 0 aromatic carbocycles. The zero-order chi connectivity index (χ0) is 33.8. The smallest absolute Gasteiger partial charge is 0.306 e. The summed E-state index contributed by atoms with van der Waals surface area (Å²) in [5, 5.41) is 52.4. The third-order valence-corrected chi connectivity index (χ3v) is 10.7. The number of carbonyl (C=O) groups excluding carboxylic acids is 1. The number of nitrogens with one attached hydrogen (secondary N) is 4. The molecule has 0 spiro atoms. The Labute approximate surface area is 274 Å². The van der Waals surface area contributed by atoms with Gasteiger partial charge in [0.05, 0.1) is 24.3 Å². The minimum absolute atomic E-state index is 0.00950. The summed E-state index contributed by atoms with van der Waals surface area (Å²) in [4.78, 5) is 36.0. The molecule has 8 N–H and O–H groups in total. The monoisotopic (exact) mass is 655 g/mol. The molecule has 2 fully saturated rings. The van der Waals surface area contributed by atoms with Gasteiger partial charge in [0.15, 0.2) is 11.5 Å². The van der Waals surface area contributed by atoms with Crippen LogP contribution in [-0.4, -0.2) is 78.4 Å². The fourth-order valence-electron chi connectivity index (χ4n) is 7.79. The number of aliphatic hydroxyl groups is 2. The van der Waals surface area contributed by atoms with Crippen molar-refractivity contribution >= 4 is 30.5 Å². The Kier molecular flexibility index (Phi) is 9.15. The Hall–Kier alpha value is -3.68. The SMILES string of the molecule is C=CC1=C(O)N[C@H](CC2N/C(=C\[C@]34NN3/C(=C/C3NC(=O)[C@H](C)[C@H]3[C@@H](C)S)C(C)=C4C(O)CC(=O)O)C(CCC(=O)O)=C2C)C1C. The molecule has 9 atom stereocenters. The van der Waals surface area contributed by atoms with Crippen LogP contribution in [0.2, 0.25) is 0 Å².